The van der Waals surface area contributed by atoms with Crippen molar-refractivity contribution in [2.75, 3.05) is 20.2 Å². The smallest absolute Gasteiger partial charge is 0.249 e. The van der Waals surface area contributed by atoms with Crippen LogP contribution in [-0.2, 0) is 28.0 Å². The molecule has 0 bridgehead atoms. The van der Waals surface area contributed by atoms with Gasteiger partial charge in [-0.15, -0.1) is 0 Å². The van der Waals surface area contributed by atoms with E-state index in [0.29, 0.717) is 17.0 Å². The second-order valence-corrected chi connectivity index (χ2v) is 10.9. The van der Waals surface area contributed by atoms with Gasteiger partial charge in [-0.2, -0.15) is 0 Å². The van der Waals surface area contributed by atoms with Gasteiger partial charge in [0.25, 0.3) is 0 Å². The molecular formula is C33H35N5O5. The van der Waals surface area contributed by atoms with Gasteiger partial charge in [0, 0.05) is 30.3 Å². The first-order valence-corrected chi connectivity index (χ1v) is 14.0. The number of ether oxygens (including phenoxy) is 1. The van der Waals surface area contributed by atoms with Crippen molar-refractivity contribution in [2.45, 2.75) is 37.3 Å². The van der Waals surface area contributed by atoms with Crippen LogP contribution in [0.1, 0.15) is 44.2 Å². The van der Waals surface area contributed by atoms with Gasteiger partial charge >= 0.3 is 0 Å². The maximum atomic E-state index is 14.0. The SMILES string of the molecule is COc1ccc(C[C@H](NC(=O)[C@@H](Cc2cnc[nH]2)c2ccccc2C(N)=O)C(=O)N2CC(O)(c3ccccc3C)C2)cc1. The lowest BCUT2D eigenvalue weighted by Gasteiger charge is -2.48. The van der Waals surface area contributed by atoms with E-state index in [1.165, 1.54) is 6.33 Å². The van der Waals surface area contributed by atoms with Crippen LogP contribution in [0, 0.1) is 6.92 Å². The number of hydrogen-bond acceptors (Lipinski definition) is 6. The van der Waals surface area contributed by atoms with Gasteiger partial charge in [-0.05, 0) is 47.4 Å². The van der Waals surface area contributed by atoms with E-state index in [1.807, 2.05) is 43.3 Å². The van der Waals surface area contributed by atoms with E-state index in [0.717, 1.165) is 16.7 Å². The van der Waals surface area contributed by atoms with Crippen molar-refractivity contribution in [2.24, 2.45) is 5.73 Å². The molecule has 0 radical (unpaired) electrons. The Balaban J connectivity index is 1.43. The topological polar surface area (TPSA) is 151 Å². The molecular weight excluding hydrogens is 546 g/mol. The van der Waals surface area contributed by atoms with Crippen LogP contribution in [0.25, 0.3) is 0 Å². The molecule has 2 atom stereocenters. The summed E-state index contributed by atoms with van der Waals surface area (Å²) in [5.41, 5.74) is 8.40. The molecule has 1 aromatic heterocycles. The summed E-state index contributed by atoms with van der Waals surface area (Å²) in [6.45, 7) is 2.13. The number of nitrogens with zero attached hydrogens (tertiary/aromatic N) is 2. The number of H-pyrrole nitrogens is 1. The number of aromatic nitrogens is 2. The average molecular weight is 582 g/mol. The molecule has 1 saturated heterocycles. The van der Waals surface area contributed by atoms with Gasteiger partial charge in [0.05, 0.1) is 32.4 Å². The number of amides is 3. The quantitative estimate of drug-likeness (QED) is 0.214. The van der Waals surface area contributed by atoms with Crippen molar-refractivity contribution in [3.05, 3.63) is 119 Å². The van der Waals surface area contributed by atoms with Crippen molar-refractivity contribution in [1.29, 1.82) is 0 Å². The Labute approximate surface area is 249 Å². The molecule has 1 fully saturated rings. The van der Waals surface area contributed by atoms with Crippen LogP contribution in [-0.4, -0.2) is 63.9 Å². The number of nitrogens with one attached hydrogen (secondary N) is 2. The van der Waals surface area contributed by atoms with Crippen LogP contribution in [0.2, 0.25) is 0 Å². The Morgan fingerprint density at radius 2 is 1.74 bits per heavy atom. The minimum absolute atomic E-state index is 0.105. The maximum absolute atomic E-state index is 14.0. The Kier molecular flexibility index (Phi) is 8.58. The number of carbonyl (C=O) groups excluding carboxylic acids is 3. The van der Waals surface area contributed by atoms with Crippen molar-refractivity contribution in [1.82, 2.24) is 20.2 Å². The third-order valence-electron chi connectivity index (χ3n) is 7.97. The molecule has 3 amide bonds. The highest BCUT2D eigenvalue weighted by molar-refractivity contribution is 5.98. The zero-order valence-corrected chi connectivity index (χ0v) is 24.1. The van der Waals surface area contributed by atoms with E-state index in [1.54, 1.807) is 54.6 Å². The predicted molar refractivity (Wildman–Crippen MR) is 160 cm³/mol. The zero-order chi connectivity index (χ0) is 30.6. The minimum atomic E-state index is -1.17. The molecule has 5 N–H and O–H groups in total. The highest BCUT2D eigenvalue weighted by Crippen LogP contribution is 2.34. The van der Waals surface area contributed by atoms with Crippen molar-refractivity contribution >= 4 is 17.7 Å². The number of benzene rings is 3. The molecule has 1 aliphatic heterocycles. The van der Waals surface area contributed by atoms with E-state index in [2.05, 4.69) is 15.3 Å². The number of aryl methyl sites for hydroxylation is 1. The summed E-state index contributed by atoms with van der Waals surface area (Å²) in [5, 5.41) is 14.3. The molecule has 222 valence electrons. The maximum Gasteiger partial charge on any atom is 0.249 e. The molecule has 2 heterocycles. The summed E-state index contributed by atoms with van der Waals surface area (Å²) >= 11 is 0. The van der Waals surface area contributed by atoms with E-state index >= 15 is 0 Å². The minimum Gasteiger partial charge on any atom is -0.497 e. The molecule has 4 aromatic rings. The zero-order valence-electron chi connectivity index (χ0n) is 24.1. The second-order valence-electron chi connectivity index (χ2n) is 10.9. The normalized spacial score (nSPS) is 15.2. The lowest BCUT2D eigenvalue weighted by atomic mass is 9.83. The average Bonchev–Trinajstić information content (AvgIpc) is 3.51. The number of methoxy groups -OCH3 is 1. The number of hydrogen-bond donors (Lipinski definition) is 4. The Morgan fingerprint density at radius 3 is 2.40 bits per heavy atom. The number of nitrogens with two attached hydrogens (primary N) is 1. The van der Waals surface area contributed by atoms with Crippen LogP contribution >= 0.6 is 0 Å². The molecule has 43 heavy (non-hydrogen) atoms. The number of carbonyl (C=O) groups is 3. The highest BCUT2D eigenvalue weighted by Gasteiger charge is 2.47. The summed E-state index contributed by atoms with van der Waals surface area (Å²) in [6, 6.07) is 20.6. The molecule has 0 unspecified atom stereocenters. The summed E-state index contributed by atoms with van der Waals surface area (Å²) < 4.78 is 5.27. The fourth-order valence-electron chi connectivity index (χ4n) is 5.68. The number of aromatic amines is 1. The molecule has 0 saturated carbocycles. The third kappa shape index (κ3) is 6.44. The molecule has 5 rings (SSSR count). The van der Waals surface area contributed by atoms with Crippen LogP contribution in [0.3, 0.4) is 0 Å². The lowest BCUT2D eigenvalue weighted by Crippen LogP contribution is -2.65. The number of likely N-dealkylation sites (tertiary alicyclic amines) is 1. The summed E-state index contributed by atoms with van der Waals surface area (Å²) in [6.07, 6.45) is 3.54. The van der Waals surface area contributed by atoms with E-state index in [4.69, 9.17) is 10.5 Å². The molecule has 0 spiro atoms. The van der Waals surface area contributed by atoms with Crippen LogP contribution in [0.15, 0.2) is 85.3 Å². The second kappa shape index (κ2) is 12.5. The third-order valence-corrected chi connectivity index (χ3v) is 7.97. The van der Waals surface area contributed by atoms with Crippen molar-refractivity contribution in [3.8, 4) is 5.75 Å². The number of β-amino-alcohol motifs (C(OH)–C–C–N with tert-alkyl or cyclic N) is 1. The Bertz CT molecular complexity index is 1600. The molecule has 1 aliphatic rings. The first-order chi connectivity index (χ1) is 20.7. The van der Waals surface area contributed by atoms with Crippen molar-refractivity contribution in [3.63, 3.8) is 0 Å². The number of rotatable bonds is 11. The van der Waals surface area contributed by atoms with Gasteiger partial charge in [0.15, 0.2) is 0 Å². The molecule has 10 heteroatoms. The van der Waals surface area contributed by atoms with Crippen LogP contribution in [0.4, 0.5) is 0 Å². The van der Waals surface area contributed by atoms with Crippen molar-refractivity contribution < 1.29 is 24.2 Å². The highest BCUT2D eigenvalue weighted by atomic mass is 16.5. The van der Waals surface area contributed by atoms with Crippen LogP contribution < -0.4 is 15.8 Å². The fourth-order valence-corrected chi connectivity index (χ4v) is 5.68. The van der Waals surface area contributed by atoms with Gasteiger partial charge in [0.1, 0.15) is 17.4 Å². The fraction of sp³-hybridized carbons (Fsp3) is 0.273. The van der Waals surface area contributed by atoms with E-state index in [-0.39, 0.29) is 37.4 Å². The Morgan fingerprint density at radius 1 is 1.05 bits per heavy atom. The summed E-state index contributed by atoms with van der Waals surface area (Å²) in [5.74, 6) is -1.57. The van der Waals surface area contributed by atoms with E-state index in [9.17, 15) is 19.5 Å². The lowest BCUT2D eigenvalue weighted by molar-refractivity contribution is -0.160. The molecule has 3 aromatic carbocycles. The molecule has 10 nitrogen and oxygen atoms in total. The summed E-state index contributed by atoms with van der Waals surface area (Å²) in [7, 11) is 1.57. The standard InChI is InChI=1S/C33H35N5O5/c1-21-7-3-6-10-28(21)33(42)18-38(19-33)32(41)29(15-22-11-13-24(43-2)14-12-22)37-31(40)27(16-23-17-35-20-36-23)25-8-4-5-9-26(25)30(34)39/h3-14,17,20,27,29,42H,15-16,18-19H2,1-2H3,(H2,34,39)(H,35,36)(H,37,40)/t27-,29-/m0/s1. The predicted octanol–water partition coefficient (Wildman–Crippen LogP) is 2.61. The van der Waals surface area contributed by atoms with Gasteiger partial charge in [0.2, 0.25) is 17.7 Å². The number of imidazole rings is 1. The number of aliphatic hydroxyl groups is 1. The Hall–Kier alpha value is -4.96. The molecule has 0 aliphatic carbocycles. The van der Waals surface area contributed by atoms with Gasteiger partial charge in [-0.1, -0.05) is 54.6 Å². The number of primary amides is 1. The van der Waals surface area contributed by atoms with Gasteiger partial charge in [-0.25, -0.2) is 4.98 Å². The van der Waals surface area contributed by atoms with E-state index < -0.39 is 29.4 Å². The first-order valence-electron chi connectivity index (χ1n) is 14.0. The van der Waals surface area contributed by atoms with Crippen LogP contribution in [0.5, 0.6) is 5.75 Å². The van der Waals surface area contributed by atoms with Gasteiger partial charge in [-0.3, -0.25) is 14.4 Å². The monoisotopic (exact) mass is 581 g/mol. The summed E-state index contributed by atoms with van der Waals surface area (Å²) in [4.78, 5) is 48.9. The first kappa shape index (κ1) is 29.5. The largest absolute Gasteiger partial charge is 0.497 e. The van der Waals surface area contributed by atoms with Gasteiger partial charge < -0.3 is 30.8 Å².